The van der Waals surface area contributed by atoms with Crippen molar-refractivity contribution in [3.63, 3.8) is 0 Å². The Morgan fingerprint density at radius 2 is 2.06 bits per heavy atom. The molecular weight excluding hydrogens is 262 g/mol. The zero-order valence-electron chi connectivity index (χ0n) is 9.93. The van der Waals surface area contributed by atoms with E-state index >= 15 is 0 Å². The maximum atomic E-state index is 3.57. The Balaban J connectivity index is 1.78. The van der Waals surface area contributed by atoms with Gasteiger partial charge >= 0.3 is 0 Å². The number of rotatable bonds is 4. The summed E-state index contributed by atoms with van der Waals surface area (Å²) in [6.45, 7) is 4.34. The number of benzene rings is 1. The van der Waals surface area contributed by atoms with E-state index in [0.717, 1.165) is 12.5 Å². The van der Waals surface area contributed by atoms with Crippen molar-refractivity contribution < 1.29 is 0 Å². The molecule has 0 amide bonds. The van der Waals surface area contributed by atoms with Gasteiger partial charge in [0.1, 0.15) is 0 Å². The molecule has 0 saturated heterocycles. The summed E-state index contributed by atoms with van der Waals surface area (Å²) in [6.07, 6.45) is 5.71. The van der Waals surface area contributed by atoms with Gasteiger partial charge < -0.3 is 5.32 Å². The van der Waals surface area contributed by atoms with Crippen LogP contribution in [0.15, 0.2) is 22.7 Å². The van der Waals surface area contributed by atoms with Crippen LogP contribution in [0.3, 0.4) is 0 Å². The molecule has 0 aliphatic heterocycles. The molecule has 0 radical (unpaired) electrons. The predicted molar refractivity (Wildman–Crippen MR) is 72.5 cm³/mol. The average Bonchev–Trinajstić information content (AvgIpc) is 2.76. The van der Waals surface area contributed by atoms with E-state index in [2.05, 4.69) is 46.4 Å². The highest BCUT2D eigenvalue weighted by Gasteiger charge is 2.13. The first-order chi connectivity index (χ1) is 7.75. The lowest BCUT2D eigenvalue weighted by Gasteiger charge is -2.11. The van der Waals surface area contributed by atoms with Crippen LogP contribution in [0.5, 0.6) is 0 Å². The SMILES string of the molecule is Cc1cc(CNCC2CCCC2)ccc1Br. The van der Waals surface area contributed by atoms with Crippen molar-refractivity contribution in [1.29, 1.82) is 0 Å². The normalized spacial score (nSPS) is 16.9. The van der Waals surface area contributed by atoms with Gasteiger partial charge in [0.25, 0.3) is 0 Å². The summed E-state index contributed by atoms with van der Waals surface area (Å²) in [5, 5.41) is 3.57. The van der Waals surface area contributed by atoms with Gasteiger partial charge in [-0.25, -0.2) is 0 Å². The van der Waals surface area contributed by atoms with Crippen molar-refractivity contribution in [2.75, 3.05) is 6.54 Å². The van der Waals surface area contributed by atoms with Gasteiger partial charge in [-0.2, -0.15) is 0 Å². The van der Waals surface area contributed by atoms with E-state index in [1.165, 1.54) is 47.8 Å². The van der Waals surface area contributed by atoms with Crippen LogP contribution in [0.1, 0.15) is 36.8 Å². The molecule has 0 heterocycles. The molecule has 0 aromatic heterocycles. The first-order valence-corrected chi connectivity index (χ1v) is 7.01. The lowest BCUT2D eigenvalue weighted by molar-refractivity contribution is 0.489. The first kappa shape index (κ1) is 12.1. The first-order valence-electron chi connectivity index (χ1n) is 6.21. The molecule has 1 saturated carbocycles. The summed E-state index contributed by atoms with van der Waals surface area (Å²) in [5.41, 5.74) is 2.71. The molecule has 1 aromatic carbocycles. The zero-order valence-corrected chi connectivity index (χ0v) is 11.5. The van der Waals surface area contributed by atoms with Gasteiger partial charge in [-0.3, -0.25) is 0 Å². The third-order valence-corrected chi connectivity index (χ3v) is 4.35. The lowest BCUT2D eigenvalue weighted by Crippen LogP contribution is -2.20. The topological polar surface area (TPSA) is 12.0 Å². The fourth-order valence-electron chi connectivity index (χ4n) is 2.45. The summed E-state index contributed by atoms with van der Waals surface area (Å²) in [7, 11) is 0. The van der Waals surface area contributed by atoms with Crippen molar-refractivity contribution in [2.45, 2.75) is 39.2 Å². The Morgan fingerprint density at radius 3 is 2.75 bits per heavy atom. The van der Waals surface area contributed by atoms with E-state index < -0.39 is 0 Å². The van der Waals surface area contributed by atoms with Crippen LogP contribution in [-0.4, -0.2) is 6.54 Å². The number of hydrogen-bond acceptors (Lipinski definition) is 1. The summed E-state index contributed by atoms with van der Waals surface area (Å²) in [4.78, 5) is 0. The Hall–Kier alpha value is -0.340. The van der Waals surface area contributed by atoms with E-state index in [1.807, 2.05) is 0 Å². The predicted octanol–water partition coefficient (Wildman–Crippen LogP) is 4.04. The highest BCUT2D eigenvalue weighted by Crippen LogP contribution is 2.24. The molecule has 88 valence electrons. The zero-order chi connectivity index (χ0) is 11.4. The fourth-order valence-corrected chi connectivity index (χ4v) is 2.70. The second-order valence-corrected chi connectivity index (χ2v) is 5.72. The third-order valence-electron chi connectivity index (χ3n) is 3.46. The van der Waals surface area contributed by atoms with Crippen molar-refractivity contribution in [1.82, 2.24) is 5.32 Å². The number of hydrogen-bond donors (Lipinski definition) is 1. The summed E-state index contributed by atoms with van der Waals surface area (Å²) in [5.74, 6) is 0.927. The molecule has 0 unspecified atom stereocenters. The van der Waals surface area contributed by atoms with Crippen LogP contribution >= 0.6 is 15.9 Å². The summed E-state index contributed by atoms with van der Waals surface area (Å²) < 4.78 is 1.20. The molecule has 1 aliphatic rings. The lowest BCUT2D eigenvalue weighted by atomic mass is 10.1. The molecule has 2 heteroatoms. The minimum Gasteiger partial charge on any atom is -0.312 e. The number of aryl methyl sites for hydroxylation is 1. The molecule has 0 spiro atoms. The van der Waals surface area contributed by atoms with Gasteiger partial charge in [-0.1, -0.05) is 40.9 Å². The highest BCUT2D eigenvalue weighted by molar-refractivity contribution is 9.10. The van der Waals surface area contributed by atoms with Gasteiger partial charge in [0.2, 0.25) is 0 Å². The van der Waals surface area contributed by atoms with E-state index in [0.29, 0.717) is 0 Å². The second kappa shape index (κ2) is 5.83. The molecule has 1 aliphatic carbocycles. The van der Waals surface area contributed by atoms with Crippen LogP contribution in [0.25, 0.3) is 0 Å². The summed E-state index contributed by atoms with van der Waals surface area (Å²) in [6, 6.07) is 6.59. The van der Waals surface area contributed by atoms with E-state index in [4.69, 9.17) is 0 Å². The largest absolute Gasteiger partial charge is 0.312 e. The smallest absolute Gasteiger partial charge is 0.0205 e. The second-order valence-electron chi connectivity index (χ2n) is 4.86. The maximum absolute atomic E-state index is 3.57. The van der Waals surface area contributed by atoms with Crippen molar-refractivity contribution in [2.24, 2.45) is 5.92 Å². The molecule has 2 rings (SSSR count). The standard InChI is InChI=1S/C14H20BrN/c1-11-8-13(6-7-14(11)15)10-16-9-12-4-2-3-5-12/h6-8,12,16H,2-5,9-10H2,1H3. The van der Waals surface area contributed by atoms with Gasteiger partial charge in [0.15, 0.2) is 0 Å². The van der Waals surface area contributed by atoms with Gasteiger partial charge in [-0.15, -0.1) is 0 Å². The minimum atomic E-state index is 0.927. The Bertz CT molecular complexity index is 343. The quantitative estimate of drug-likeness (QED) is 0.879. The van der Waals surface area contributed by atoms with Gasteiger partial charge in [0, 0.05) is 11.0 Å². The van der Waals surface area contributed by atoms with Crippen molar-refractivity contribution in [3.05, 3.63) is 33.8 Å². The Labute approximate surface area is 107 Å². The number of nitrogens with one attached hydrogen (secondary N) is 1. The number of halogens is 1. The summed E-state index contributed by atoms with van der Waals surface area (Å²) >= 11 is 3.53. The van der Waals surface area contributed by atoms with Crippen LogP contribution in [0, 0.1) is 12.8 Å². The maximum Gasteiger partial charge on any atom is 0.0205 e. The molecule has 1 N–H and O–H groups in total. The molecule has 0 atom stereocenters. The molecule has 16 heavy (non-hydrogen) atoms. The molecule has 1 nitrogen and oxygen atoms in total. The van der Waals surface area contributed by atoms with E-state index in [-0.39, 0.29) is 0 Å². The van der Waals surface area contributed by atoms with E-state index in [1.54, 1.807) is 0 Å². The molecular formula is C14H20BrN. The van der Waals surface area contributed by atoms with Crippen LogP contribution < -0.4 is 5.32 Å². The minimum absolute atomic E-state index is 0.927. The molecule has 1 aromatic rings. The monoisotopic (exact) mass is 281 g/mol. The van der Waals surface area contributed by atoms with E-state index in [9.17, 15) is 0 Å². The van der Waals surface area contributed by atoms with Crippen LogP contribution in [0.2, 0.25) is 0 Å². The third kappa shape index (κ3) is 3.33. The Kier molecular flexibility index (Phi) is 4.42. The van der Waals surface area contributed by atoms with Gasteiger partial charge in [-0.05, 0) is 49.4 Å². The fraction of sp³-hybridized carbons (Fsp3) is 0.571. The van der Waals surface area contributed by atoms with Gasteiger partial charge in [0.05, 0.1) is 0 Å². The van der Waals surface area contributed by atoms with Crippen molar-refractivity contribution in [3.8, 4) is 0 Å². The highest BCUT2D eigenvalue weighted by atomic mass is 79.9. The Morgan fingerprint density at radius 1 is 1.31 bits per heavy atom. The molecule has 0 bridgehead atoms. The molecule has 1 fully saturated rings. The van der Waals surface area contributed by atoms with Crippen LogP contribution in [-0.2, 0) is 6.54 Å². The van der Waals surface area contributed by atoms with Crippen molar-refractivity contribution >= 4 is 15.9 Å². The van der Waals surface area contributed by atoms with Crippen LogP contribution in [0.4, 0.5) is 0 Å². The average molecular weight is 282 g/mol.